The summed E-state index contributed by atoms with van der Waals surface area (Å²) in [5.74, 6) is 0.301. The predicted molar refractivity (Wildman–Crippen MR) is 77.8 cm³/mol. The number of fused-ring (bicyclic) bond motifs is 3. The topological polar surface area (TPSA) is 60.9 Å². The van der Waals surface area contributed by atoms with Crippen LogP contribution in [-0.4, -0.2) is 21.8 Å². The molecule has 100 valence electrons. The second-order valence-electron chi connectivity index (χ2n) is 5.19. The van der Waals surface area contributed by atoms with E-state index in [0.717, 1.165) is 18.5 Å². The summed E-state index contributed by atoms with van der Waals surface area (Å²) in [5.41, 5.74) is 4.94. The minimum absolute atomic E-state index is 0.179. The van der Waals surface area contributed by atoms with Gasteiger partial charge in [-0.1, -0.05) is 18.2 Å². The highest BCUT2D eigenvalue weighted by atomic mass is 16.3. The Hall–Kier alpha value is -2.33. The van der Waals surface area contributed by atoms with Crippen LogP contribution < -0.4 is 5.32 Å². The van der Waals surface area contributed by atoms with Crippen molar-refractivity contribution in [1.29, 1.82) is 0 Å². The molecular formula is C16H15N3O. The summed E-state index contributed by atoms with van der Waals surface area (Å²) in [6.07, 6.45) is 2.92. The molecule has 0 saturated carbocycles. The lowest BCUT2D eigenvalue weighted by Crippen LogP contribution is -2.30. The molecule has 1 unspecified atom stereocenters. The first-order valence-corrected chi connectivity index (χ1v) is 6.80. The number of H-pyrrole nitrogens is 1. The largest absolute Gasteiger partial charge is 0.508 e. The highest BCUT2D eigenvalue weighted by Gasteiger charge is 2.23. The zero-order valence-corrected chi connectivity index (χ0v) is 10.9. The molecular weight excluding hydrogens is 250 g/mol. The van der Waals surface area contributed by atoms with Crippen molar-refractivity contribution >= 4 is 10.9 Å². The third kappa shape index (κ3) is 1.69. The molecule has 2 heterocycles. The molecule has 1 aliphatic rings. The quantitative estimate of drug-likeness (QED) is 0.633. The Morgan fingerprint density at radius 3 is 2.80 bits per heavy atom. The lowest BCUT2D eigenvalue weighted by molar-refractivity contribution is 0.474. The van der Waals surface area contributed by atoms with Crippen LogP contribution in [0.4, 0.5) is 0 Å². The monoisotopic (exact) mass is 265 g/mol. The molecule has 1 aliphatic heterocycles. The van der Waals surface area contributed by atoms with Crippen molar-refractivity contribution in [2.75, 3.05) is 6.54 Å². The fraction of sp³-hybridized carbons (Fsp3) is 0.188. The number of nitrogens with one attached hydrogen (secondary N) is 2. The molecule has 1 aromatic heterocycles. The lowest BCUT2D eigenvalue weighted by atomic mass is 9.88. The van der Waals surface area contributed by atoms with Crippen LogP contribution in [-0.2, 0) is 6.42 Å². The number of hydrogen-bond donors (Lipinski definition) is 3. The minimum atomic E-state index is 0.179. The van der Waals surface area contributed by atoms with E-state index in [4.69, 9.17) is 0 Å². The van der Waals surface area contributed by atoms with Crippen molar-refractivity contribution in [2.24, 2.45) is 0 Å². The van der Waals surface area contributed by atoms with E-state index in [1.54, 1.807) is 12.1 Å². The smallest absolute Gasteiger partial charge is 0.115 e. The fourth-order valence-electron chi connectivity index (χ4n) is 3.06. The van der Waals surface area contributed by atoms with E-state index >= 15 is 0 Å². The summed E-state index contributed by atoms with van der Waals surface area (Å²) in [6, 6.07) is 11.9. The Morgan fingerprint density at radius 2 is 1.95 bits per heavy atom. The predicted octanol–water partition coefficient (Wildman–Crippen LogP) is 2.50. The average molecular weight is 265 g/mol. The Morgan fingerprint density at radius 1 is 1.10 bits per heavy atom. The molecule has 20 heavy (non-hydrogen) atoms. The Bertz CT molecular complexity index is 761. The first kappa shape index (κ1) is 11.5. The van der Waals surface area contributed by atoms with E-state index in [0.29, 0.717) is 5.75 Å². The number of aromatic nitrogens is 2. The summed E-state index contributed by atoms with van der Waals surface area (Å²) in [5, 5.41) is 21.4. The summed E-state index contributed by atoms with van der Waals surface area (Å²) >= 11 is 0. The molecule has 0 amide bonds. The van der Waals surface area contributed by atoms with Crippen LogP contribution in [0.5, 0.6) is 5.75 Å². The number of phenolic OH excluding ortho intramolecular Hbond substituents is 1. The van der Waals surface area contributed by atoms with Gasteiger partial charge < -0.3 is 10.4 Å². The SMILES string of the molecule is Oc1ccc(C2NCCc3c2ccc2[nH]ncc32)cc1. The number of aromatic hydroxyl groups is 1. The number of benzene rings is 2. The van der Waals surface area contributed by atoms with Gasteiger partial charge in [0, 0.05) is 11.9 Å². The number of phenols is 1. The molecule has 1 atom stereocenters. The first-order chi connectivity index (χ1) is 9.83. The standard InChI is InChI=1S/C16H15N3O/c20-11-3-1-10(2-4-11)16-13-5-6-15-14(9-18-19-15)12(13)7-8-17-16/h1-6,9,16-17,20H,7-8H2,(H,18,19). The fourth-order valence-corrected chi connectivity index (χ4v) is 3.06. The van der Waals surface area contributed by atoms with Gasteiger partial charge in [-0.05, 0) is 41.3 Å². The van der Waals surface area contributed by atoms with Crippen molar-refractivity contribution in [3.63, 3.8) is 0 Å². The van der Waals surface area contributed by atoms with Gasteiger partial charge >= 0.3 is 0 Å². The van der Waals surface area contributed by atoms with E-state index in [2.05, 4.69) is 27.6 Å². The molecule has 4 heteroatoms. The van der Waals surface area contributed by atoms with E-state index in [9.17, 15) is 5.11 Å². The van der Waals surface area contributed by atoms with Crippen LogP contribution in [0.25, 0.3) is 10.9 Å². The van der Waals surface area contributed by atoms with Gasteiger partial charge in [0.15, 0.2) is 0 Å². The van der Waals surface area contributed by atoms with Crippen LogP contribution in [0, 0.1) is 0 Å². The molecule has 2 aromatic carbocycles. The number of rotatable bonds is 1. The zero-order valence-electron chi connectivity index (χ0n) is 10.9. The Labute approximate surface area is 116 Å². The van der Waals surface area contributed by atoms with Gasteiger partial charge in [0.25, 0.3) is 0 Å². The number of hydrogen-bond acceptors (Lipinski definition) is 3. The first-order valence-electron chi connectivity index (χ1n) is 6.80. The molecule has 0 aliphatic carbocycles. The molecule has 3 aromatic rings. The van der Waals surface area contributed by atoms with Gasteiger partial charge in [-0.3, -0.25) is 5.10 Å². The normalized spacial score (nSPS) is 18.1. The van der Waals surface area contributed by atoms with Crippen LogP contribution >= 0.6 is 0 Å². The van der Waals surface area contributed by atoms with Crippen molar-refractivity contribution in [2.45, 2.75) is 12.5 Å². The number of nitrogens with zero attached hydrogens (tertiary/aromatic N) is 1. The molecule has 3 N–H and O–H groups in total. The molecule has 0 radical (unpaired) electrons. The summed E-state index contributed by atoms with van der Waals surface area (Å²) in [6.45, 7) is 0.947. The molecule has 4 rings (SSSR count). The van der Waals surface area contributed by atoms with E-state index in [1.807, 2.05) is 18.3 Å². The van der Waals surface area contributed by atoms with Crippen LogP contribution in [0.15, 0.2) is 42.6 Å². The van der Waals surface area contributed by atoms with Crippen LogP contribution in [0.3, 0.4) is 0 Å². The van der Waals surface area contributed by atoms with Gasteiger partial charge in [0.1, 0.15) is 5.75 Å². The van der Waals surface area contributed by atoms with E-state index in [1.165, 1.54) is 22.1 Å². The van der Waals surface area contributed by atoms with Crippen molar-refractivity contribution < 1.29 is 5.11 Å². The minimum Gasteiger partial charge on any atom is -0.508 e. The molecule has 0 saturated heterocycles. The third-order valence-corrected chi connectivity index (χ3v) is 4.03. The van der Waals surface area contributed by atoms with Gasteiger partial charge in [-0.25, -0.2) is 0 Å². The maximum atomic E-state index is 9.43. The Balaban J connectivity index is 1.87. The average Bonchev–Trinajstić information content (AvgIpc) is 2.96. The maximum absolute atomic E-state index is 9.43. The van der Waals surface area contributed by atoms with Crippen molar-refractivity contribution in [3.8, 4) is 5.75 Å². The molecule has 0 fully saturated rings. The van der Waals surface area contributed by atoms with E-state index in [-0.39, 0.29) is 6.04 Å². The van der Waals surface area contributed by atoms with E-state index < -0.39 is 0 Å². The van der Waals surface area contributed by atoms with Crippen molar-refractivity contribution in [3.05, 3.63) is 59.3 Å². The summed E-state index contributed by atoms with van der Waals surface area (Å²) < 4.78 is 0. The number of aromatic amines is 1. The highest BCUT2D eigenvalue weighted by molar-refractivity contribution is 5.83. The maximum Gasteiger partial charge on any atom is 0.115 e. The summed E-state index contributed by atoms with van der Waals surface area (Å²) in [7, 11) is 0. The van der Waals surface area contributed by atoms with Gasteiger partial charge in [-0.15, -0.1) is 0 Å². The second kappa shape index (κ2) is 4.35. The van der Waals surface area contributed by atoms with Crippen LogP contribution in [0.2, 0.25) is 0 Å². The van der Waals surface area contributed by atoms with Crippen LogP contribution in [0.1, 0.15) is 22.7 Å². The summed E-state index contributed by atoms with van der Waals surface area (Å²) in [4.78, 5) is 0. The van der Waals surface area contributed by atoms with Gasteiger partial charge in [0.2, 0.25) is 0 Å². The molecule has 4 nitrogen and oxygen atoms in total. The van der Waals surface area contributed by atoms with Gasteiger partial charge in [0.05, 0.1) is 17.8 Å². The third-order valence-electron chi connectivity index (χ3n) is 4.03. The second-order valence-corrected chi connectivity index (χ2v) is 5.19. The Kier molecular flexibility index (Phi) is 2.50. The van der Waals surface area contributed by atoms with Crippen molar-refractivity contribution in [1.82, 2.24) is 15.5 Å². The lowest BCUT2D eigenvalue weighted by Gasteiger charge is -2.28. The zero-order chi connectivity index (χ0) is 13.5. The van der Waals surface area contributed by atoms with Gasteiger partial charge in [-0.2, -0.15) is 5.10 Å². The highest BCUT2D eigenvalue weighted by Crippen LogP contribution is 2.33. The molecule has 0 bridgehead atoms. The molecule has 0 spiro atoms.